The Morgan fingerprint density at radius 1 is 1.30 bits per heavy atom. The Balaban J connectivity index is 2.12. The van der Waals surface area contributed by atoms with E-state index in [2.05, 4.69) is 0 Å². The van der Waals surface area contributed by atoms with E-state index in [0.717, 1.165) is 0 Å². The summed E-state index contributed by atoms with van der Waals surface area (Å²) in [6.45, 7) is 5.30. The van der Waals surface area contributed by atoms with Gasteiger partial charge in [-0.25, -0.2) is 13.2 Å². The highest BCUT2D eigenvalue weighted by Crippen LogP contribution is 2.20. The summed E-state index contributed by atoms with van der Waals surface area (Å²) in [5.74, 6) is -0.791. The minimum Gasteiger partial charge on any atom is -0.449 e. The molecule has 9 heteroatoms. The molecule has 3 unspecified atom stereocenters. The number of ether oxygens (including phenoxy) is 1. The fraction of sp³-hybridized carbons (Fsp3) is 0.556. The van der Waals surface area contributed by atoms with E-state index in [-0.39, 0.29) is 17.1 Å². The molecular weight excluding hydrogens is 390 g/mol. The van der Waals surface area contributed by atoms with E-state index < -0.39 is 44.7 Å². The molecule has 150 valence electrons. The maximum Gasteiger partial charge on any atom is 0.340 e. The average Bonchev–Trinajstić information content (AvgIpc) is 3.00. The van der Waals surface area contributed by atoms with Gasteiger partial charge in [0.05, 0.1) is 32.8 Å². The van der Waals surface area contributed by atoms with Crippen LogP contribution in [-0.4, -0.2) is 65.4 Å². The molecule has 3 atom stereocenters. The number of sulfone groups is 1. The van der Waals surface area contributed by atoms with Gasteiger partial charge in [0.1, 0.15) is 0 Å². The maximum absolute atomic E-state index is 12.7. The van der Waals surface area contributed by atoms with Crippen molar-refractivity contribution in [2.45, 2.75) is 44.2 Å². The van der Waals surface area contributed by atoms with Crippen LogP contribution in [0.4, 0.5) is 0 Å². The van der Waals surface area contributed by atoms with Gasteiger partial charge in [0.15, 0.2) is 15.9 Å². The third-order valence-electron chi connectivity index (χ3n) is 4.52. The van der Waals surface area contributed by atoms with Crippen LogP contribution in [0.25, 0.3) is 0 Å². The van der Waals surface area contributed by atoms with Crippen LogP contribution in [0.3, 0.4) is 0 Å². The van der Waals surface area contributed by atoms with E-state index in [1.54, 1.807) is 32.0 Å². The van der Waals surface area contributed by atoms with Crippen molar-refractivity contribution in [2.75, 3.05) is 23.8 Å². The van der Waals surface area contributed by atoms with Crippen LogP contribution in [0.15, 0.2) is 29.2 Å². The zero-order chi connectivity index (χ0) is 20.2. The lowest BCUT2D eigenvalue weighted by atomic mass is 10.2. The summed E-state index contributed by atoms with van der Waals surface area (Å²) in [6, 6.07) is 6.05. The first-order valence-corrected chi connectivity index (χ1v) is 12.0. The van der Waals surface area contributed by atoms with Gasteiger partial charge in [-0.3, -0.25) is 9.00 Å². The normalized spacial score (nSPS) is 20.6. The fourth-order valence-electron chi connectivity index (χ4n) is 3.11. The Bertz CT molecular complexity index is 836. The number of hydrogen-bond donors (Lipinski definition) is 0. The van der Waals surface area contributed by atoms with E-state index in [0.29, 0.717) is 23.6 Å². The molecule has 1 amide bonds. The number of carbonyl (C=O) groups excluding carboxylic acids is 2. The lowest BCUT2D eigenvalue weighted by molar-refractivity contribution is -0.141. The summed E-state index contributed by atoms with van der Waals surface area (Å²) < 4.78 is 40.8. The Kier molecular flexibility index (Phi) is 7.16. The van der Waals surface area contributed by atoms with Crippen molar-refractivity contribution < 1.29 is 27.0 Å². The van der Waals surface area contributed by atoms with Crippen molar-refractivity contribution in [3.63, 3.8) is 0 Å². The Hall–Kier alpha value is -1.74. The number of carbonyl (C=O) groups is 2. The molecule has 1 saturated heterocycles. The molecule has 0 aromatic heterocycles. The number of rotatable bonds is 7. The van der Waals surface area contributed by atoms with Crippen LogP contribution < -0.4 is 0 Å². The number of amides is 1. The van der Waals surface area contributed by atoms with E-state index >= 15 is 0 Å². The van der Waals surface area contributed by atoms with Gasteiger partial charge in [0.2, 0.25) is 0 Å². The Morgan fingerprint density at radius 3 is 2.52 bits per heavy atom. The van der Waals surface area contributed by atoms with Gasteiger partial charge in [-0.05, 0) is 32.4 Å². The molecular formula is C18H25NO6S2. The molecule has 0 spiro atoms. The van der Waals surface area contributed by atoms with E-state index in [4.69, 9.17) is 4.74 Å². The molecule has 1 aliphatic rings. The zero-order valence-electron chi connectivity index (χ0n) is 15.7. The van der Waals surface area contributed by atoms with Gasteiger partial charge in [-0.1, -0.05) is 19.1 Å². The molecule has 0 radical (unpaired) electrons. The van der Waals surface area contributed by atoms with Crippen LogP contribution in [-0.2, 0) is 30.2 Å². The first kappa shape index (κ1) is 21.6. The summed E-state index contributed by atoms with van der Waals surface area (Å²) in [5.41, 5.74) is 0.170. The molecule has 0 bridgehead atoms. The highest BCUT2D eigenvalue weighted by atomic mass is 32.2. The summed E-state index contributed by atoms with van der Waals surface area (Å²) in [7, 11) is -4.46. The number of benzene rings is 1. The third kappa shape index (κ3) is 5.16. The summed E-state index contributed by atoms with van der Waals surface area (Å²) >= 11 is 0. The molecule has 0 N–H and O–H groups in total. The predicted molar refractivity (Wildman–Crippen MR) is 103 cm³/mol. The van der Waals surface area contributed by atoms with E-state index in [9.17, 15) is 22.2 Å². The predicted octanol–water partition coefficient (Wildman–Crippen LogP) is 1.40. The second-order valence-corrected chi connectivity index (χ2v) is 10.3. The number of nitrogens with zero attached hydrogens (tertiary/aromatic N) is 1. The summed E-state index contributed by atoms with van der Waals surface area (Å²) in [6.07, 6.45) is -0.676. The number of esters is 1. The second-order valence-electron chi connectivity index (χ2n) is 6.36. The van der Waals surface area contributed by atoms with Gasteiger partial charge in [-0.2, -0.15) is 0 Å². The third-order valence-corrected chi connectivity index (χ3v) is 7.64. The van der Waals surface area contributed by atoms with Gasteiger partial charge in [0, 0.05) is 18.3 Å². The molecule has 1 aromatic rings. The lowest BCUT2D eigenvalue weighted by Gasteiger charge is -2.29. The van der Waals surface area contributed by atoms with Crippen LogP contribution in [0.5, 0.6) is 0 Å². The molecule has 7 nitrogen and oxygen atoms in total. The quantitative estimate of drug-likeness (QED) is 0.624. The standard InChI is InChI=1S/C18H25NO6S2/c1-4-19(14-10-11-27(23,24)12-14)17(20)13(3)25-18(21)15-8-6-7-9-16(15)26(22)5-2/h6-9,13-14H,4-5,10-12H2,1-3H3. The van der Waals surface area contributed by atoms with Crippen molar-refractivity contribution in [1.82, 2.24) is 4.90 Å². The highest BCUT2D eigenvalue weighted by Gasteiger charge is 2.36. The van der Waals surface area contributed by atoms with Crippen molar-refractivity contribution in [3.05, 3.63) is 29.8 Å². The number of likely N-dealkylation sites (N-methyl/N-ethyl adjacent to an activating group) is 1. The lowest BCUT2D eigenvalue weighted by Crippen LogP contribution is -2.46. The Labute approximate surface area is 162 Å². The molecule has 1 aliphatic heterocycles. The smallest absolute Gasteiger partial charge is 0.340 e. The molecule has 1 aromatic carbocycles. The number of hydrogen-bond acceptors (Lipinski definition) is 6. The molecule has 0 saturated carbocycles. The summed E-state index contributed by atoms with van der Waals surface area (Å²) in [5, 5.41) is 0. The molecule has 1 heterocycles. The molecule has 2 rings (SSSR count). The first-order chi connectivity index (χ1) is 12.7. The summed E-state index contributed by atoms with van der Waals surface area (Å²) in [4.78, 5) is 27.1. The highest BCUT2D eigenvalue weighted by molar-refractivity contribution is 7.91. The second kappa shape index (κ2) is 8.97. The largest absolute Gasteiger partial charge is 0.449 e. The zero-order valence-corrected chi connectivity index (χ0v) is 17.3. The monoisotopic (exact) mass is 415 g/mol. The molecule has 1 fully saturated rings. The first-order valence-electron chi connectivity index (χ1n) is 8.89. The average molecular weight is 416 g/mol. The van der Waals surface area contributed by atoms with E-state index in [1.807, 2.05) is 0 Å². The van der Waals surface area contributed by atoms with Crippen molar-refractivity contribution >= 4 is 32.5 Å². The molecule has 27 heavy (non-hydrogen) atoms. The van der Waals surface area contributed by atoms with Gasteiger partial charge < -0.3 is 9.64 Å². The van der Waals surface area contributed by atoms with Crippen molar-refractivity contribution in [2.24, 2.45) is 0 Å². The van der Waals surface area contributed by atoms with Crippen LogP contribution >= 0.6 is 0 Å². The van der Waals surface area contributed by atoms with Gasteiger partial charge >= 0.3 is 5.97 Å². The Morgan fingerprint density at radius 2 is 1.96 bits per heavy atom. The van der Waals surface area contributed by atoms with E-state index in [1.165, 1.54) is 17.9 Å². The SMILES string of the molecule is CCN(C(=O)C(C)OC(=O)c1ccccc1S(=O)CC)C1CCS(=O)(=O)C1. The maximum atomic E-state index is 12.7. The van der Waals surface area contributed by atoms with Crippen LogP contribution in [0.1, 0.15) is 37.6 Å². The van der Waals surface area contributed by atoms with Crippen molar-refractivity contribution in [3.8, 4) is 0 Å². The van der Waals surface area contributed by atoms with Crippen LogP contribution in [0, 0.1) is 0 Å². The van der Waals surface area contributed by atoms with Gasteiger partial charge in [0.25, 0.3) is 5.91 Å². The topological polar surface area (TPSA) is 97.8 Å². The minimum atomic E-state index is -3.13. The molecule has 0 aliphatic carbocycles. The van der Waals surface area contributed by atoms with Crippen molar-refractivity contribution in [1.29, 1.82) is 0 Å². The van der Waals surface area contributed by atoms with Crippen LogP contribution in [0.2, 0.25) is 0 Å². The minimum absolute atomic E-state index is 0.0613. The fourth-order valence-corrected chi connectivity index (χ4v) is 5.78. The van der Waals surface area contributed by atoms with Gasteiger partial charge in [-0.15, -0.1) is 0 Å².